The molecule has 0 aliphatic rings. The average Bonchev–Trinajstić information content (AvgIpc) is 2.96. The van der Waals surface area contributed by atoms with Crippen LogP contribution in [-0.2, 0) is 9.59 Å². The van der Waals surface area contributed by atoms with E-state index in [4.69, 9.17) is 0 Å². The van der Waals surface area contributed by atoms with Gasteiger partial charge in [-0.2, -0.15) is 0 Å². The lowest BCUT2D eigenvalue weighted by molar-refractivity contribution is -0.112. The van der Waals surface area contributed by atoms with Crippen molar-refractivity contribution in [1.82, 2.24) is 0 Å². The van der Waals surface area contributed by atoms with Crippen LogP contribution < -0.4 is 10.6 Å². The van der Waals surface area contributed by atoms with Gasteiger partial charge < -0.3 is 10.6 Å². The summed E-state index contributed by atoms with van der Waals surface area (Å²) in [6, 6.07) is 34.2. The van der Waals surface area contributed by atoms with Crippen molar-refractivity contribution >= 4 is 41.4 Å². The maximum absolute atomic E-state index is 12.1. The van der Waals surface area contributed by atoms with E-state index in [9.17, 15) is 9.59 Å². The van der Waals surface area contributed by atoms with E-state index >= 15 is 0 Å². The summed E-state index contributed by atoms with van der Waals surface area (Å²) in [5.41, 5.74) is 5.18. The van der Waals surface area contributed by atoms with E-state index in [2.05, 4.69) is 22.5 Å². The zero-order valence-electron chi connectivity index (χ0n) is 20.7. The molecule has 38 heavy (non-hydrogen) atoms. The molecule has 0 aliphatic carbocycles. The molecular formula is C34H26N2O2. The Kier molecular flexibility index (Phi) is 9.21. The second kappa shape index (κ2) is 13.6. The Balaban J connectivity index is 1.24. The number of amides is 2. The summed E-state index contributed by atoms with van der Waals surface area (Å²) in [6.45, 7) is 0. The number of hydrogen-bond acceptors (Lipinski definition) is 2. The van der Waals surface area contributed by atoms with Crippen molar-refractivity contribution in [2.24, 2.45) is 0 Å². The summed E-state index contributed by atoms with van der Waals surface area (Å²) < 4.78 is 0. The van der Waals surface area contributed by atoms with Gasteiger partial charge in [0.15, 0.2) is 0 Å². The van der Waals surface area contributed by atoms with Crippen LogP contribution in [0.15, 0.2) is 127 Å². The molecule has 4 heteroatoms. The summed E-state index contributed by atoms with van der Waals surface area (Å²) in [7, 11) is 0. The van der Waals surface area contributed by atoms with Crippen LogP contribution in [0.3, 0.4) is 0 Å². The van der Waals surface area contributed by atoms with Crippen molar-refractivity contribution in [3.8, 4) is 11.8 Å². The summed E-state index contributed by atoms with van der Waals surface area (Å²) in [5.74, 6) is 5.73. The molecule has 4 nitrogen and oxygen atoms in total. The monoisotopic (exact) mass is 494 g/mol. The molecule has 0 unspecified atom stereocenters. The molecule has 0 radical (unpaired) electrons. The third-order valence-corrected chi connectivity index (χ3v) is 5.36. The van der Waals surface area contributed by atoms with E-state index in [1.807, 2.05) is 115 Å². The minimum absolute atomic E-state index is 0.183. The molecule has 0 heterocycles. The lowest BCUT2D eigenvalue weighted by atomic mass is 10.1. The van der Waals surface area contributed by atoms with Gasteiger partial charge in [0.05, 0.1) is 0 Å². The first-order chi connectivity index (χ1) is 18.6. The zero-order valence-corrected chi connectivity index (χ0v) is 20.7. The molecule has 0 fully saturated rings. The molecular weight excluding hydrogens is 468 g/mol. The largest absolute Gasteiger partial charge is 0.323 e. The molecule has 0 aromatic heterocycles. The normalized spacial score (nSPS) is 10.8. The fraction of sp³-hybridized carbons (Fsp3) is 0. The molecule has 0 saturated heterocycles. The van der Waals surface area contributed by atoms with Crippen LogP contribution in [0.5, 0.6) is 0 Å². The van der Waals surface area contributed by atoms with Gasteiger partial charge in [0.25, 0.3) is 0 Å². The van der Waals surface area contributed by atoms with Gasteiger partial charge in [0.2, 0.25) is 11.8 Å². The molecule has 4 aromatic rings. The lowest BCUT2D eigenvalue weighted by Crippen LogP contribution is -2.07. The summed E-state index contributed by atoms with van der Waals surface area (Å²) >= 11 is 0. The van der Waals surface area contributed by atoms with Crippen LogP contribution in [-0.4, -0.2) is 11.8 Å². The first-order valence-corrected chi connectivity index (χ1v) is 12.1. The molecule has 0 spiro atoms. The standard InChI is InChI=1S/C34H26N2O2/c37-33(25-19-27-9-3-1-4-10-27)35-31-21-15-29(16-22-31)13-7-8-14-30-17-23-32(24-18-30)36-34(38)26-20-28-11-5-2-6-12-28/h1-7,9-13,15-26H,(H,35,37)(H,36,38)/b13-7+,25-19+,26-20+. The van der Waals surface area contributed by atoms with Gasteiger partial charge in [0.1, 0.15) is 0 Å². The Morgan fingerprint density at radius 1 is 0.526 bits per heavy atom. The SMILES string of the molecule is O=C(/C=C/c1ccccc1)Nc1ccc(C#C/C=C/c2ccc(NC(=O)/C=C/c3ccccc3)cc2)cc1. The average molecular weight is 495 g/mol. The number of nitrogens with one attached hydrogen (secondary N) is 2. The van der Waals surface area contributed by atoms with Gasteiger partial charge in [0, 0.05) is 29.1 Å². The fourth-order valence-corrected chi connectivity index (χ4v) is 3.42. The Hall–Kier alpha value is -5.40. The zero-order chi connectivity index (χ0) is 26.4. The molecule has 0 saturated carbocycles. The van der Waals surface area contributed by atoms with Crippen molar-refractivity contribution in [3.63, 3.8) is 0 Å². The Morgan fingerprint density at radius 3 is 1.47 bits per heavy atom. The third kappa shape index (κ3) is 8.67. The molecule has 184 valence electrons. The van der Waals surface area contributed by atoms with E-state index in [0.717, 1.165) is 27.9 Å². The second-order valence-electron chi connectivity index (χ2n) is 8.27. The van der Waals surface area contributed by atoms with Crippen molar-refractivity contribution in [2.45, 2.75) is 0 Å². The second-order valence-corrected chi connectivity index (χ2v) is 8.27. The summed E-state index contributed by atoms with van der Waals surface area (Å²) in [4.78, 5) is 24.2. The van der Waals surface area contributed by atoms with Gasteiger partial charge in [-0.05, 0) is 77.4 Å². The van der Waals surface area contributed by atoms with Crippen LogP contribution in [0.2, 0.25) is 0 Å². The first-order valence-electron chi connectivity index (χ1n) is 12.1. The van der Waals surface area contributed by atoms with Gasteiger partial charge in [-0.3, -0.25) is 9.59 Å². The predicted molar refractivity (Wildman–Crippen MR) is 157 cm³/mol. The molecule has 4 rings (SSSR count). The number of rotatable bonds is 7. The van der Waals surface area contributed by atoms with Crippen LogP contribution in [0.25, 0.3) is 18.2 Å². The number of carbonyl (C=O) groups is 2. The number of benzene rings is 4. The lowest BCUT2D eigenvalue weighted by Gasteiger charge is -2.02. The molecule has 0 atom stereocenters. The Bertz CT molecular complexity index is 1510. The highest BCUT2D eigenvalue weighted by Gasteiger charge is 1.99. The summed E-state index contributed by atoms with van der Waals surface area (Å²) in [5, 5.41) is 5.69. The van der Waals surface area contributed by atoms with Gasteiger partial charge in [-0.1, -0.05) is 84.6 Å². The van der Waals surface area contributed by atoms with Gasteiger partial charge in [-0.25, -0.2) is 0 Å². The Labute approximate surface area is 223 Å². The van der Waals surface area contributed by atoms with Crippen molar-refractivity contribution in [2.75, 3.05) is 10.6 Å². The third-order valence-electron chi connectivity index (χ3n) is 5.36. The van der Waals surface area contributed by atoms with Crippen molar-refractivity contribution in [3.05, 3.63) is 150 Å². The quantitative estimate of drug-likeness (QED) is 0.214. The van der Waals surface area contributed by atoms with Crippen molar-refractivity contribution in [1.29, 1.82) is 0 Å². The minimum atomic E-state index is -0.190. The fourth-order valence-electron chi connectivity index (χ4n) is 3.42. The van der Waals surface area contributed by atoms with Gasteiger partial charge >= 0.3 is 0 Å². The topological polar surface area (TPSA) is 58.2 Å². The van der Waals surface area contributed by atoms with E-state index in [0.29, 0.717) is 5.69 Å². The highest BCUT2D eigenvalue weighted by Crippen LogP contribution is 2.12. The van der Waals surface area contributed by atoms with Crippen LogP contribution in [0.1, 0.15) is 22.3 Å². The highest BCUT2D eigenvalue weighted by atomic mass is 16.2. The van der Waals surface area contributed by atoms with E-state index < -0.39 is 0 Å². The van der Waals surface area contributed by atoms with Crippen LogP contribution >= 0.6 is 0 Å². The highest BCUT2D eigenvalue weighted by molar-refractivity contribution is 6.02. The maximum atomic E-state index is 12.1. The van der Waals surface area contributed by atoms with E-state index in [-0.39, 0.29) is 11.8 Å². The van der Waals surface area contributed by atoms with E-state index in [1.165, 1.54) is 12.2 Å². The van der Waals surface area contributed by atoms with Crippen LogP contribution in [0, 0.1) is 11.8 Å². The molecule has 2 amide bonds. The number of hydrogen-bond donors (Lipinski definition) is 2. The Morgan fingerprint density at radius 2 is 0.974 bits per heavy atom. The smallest absolute Gasteiger partial charge is 0.248 e. The number of anilines is 2. The molecule has 0 bridgehead atoms. The maximum Gasteiger partial charge on any atom is 0.248 e. The number of carbonyl (C=O) groups excluding carboxylic acids is 2. The molecule has 2 N–H and O–H groups in total. The predicted octanol–water partition coefficient (Wildman–Crippen LogP) is 7.06. The molecule has 4 aromatic carbocycles. The number of allylic oxidation sites excluding steroid dienone is 1. The molecule has 0 aliphatic heterocycles. The summed E-state index contributed by atoms with van der Waals surface area (Å²) in [6.07, 6.45) is 10.3. The minimum Gasteiger partial charge on any atom is -0.323 e. The van der Waals surface area contributed by atoms with Crippen molar-refractivity contribution < 1.29 is 9.59 Å². The first kappa shape index (κ1) is 25.7. The van der Waals surface area contributed by atoms with E-state index in [1.54, 1.807) is 18.2 Å². The van der Waals surface area contributed by atoms with Gasteiger partial charge in [-0.15, -0.1) is 0 Å². The van der Waals surface area contributed by atoms with Crippen LogP contribution in [0.4, 0.5) is 11.4 Å².